The summed E-state index contributed by atoms with van der Waals surface area (Å²) in [5.41, 5.74) is 1.62. The van der Waals surface area contributed by atoms with Crippen LogP contribution in [0.3, 0.4) is 0 Å². The van der Waals surface area contributed by atoms with Crippen molar-refractivity contribution in [2.45, 2.75) is 19.8 Å². The van der Waals surface area contributed by atoms with Crippen molar-refractivity contribution in [3.05, 3.63) is 69.2 Å². The Morgan fingerprint density at radius 3 is 2.41 bits per heavy atom. The molecule has 0 heterocycles. The minimum Gasteiger partial charge on any atom is -0.454 e. The van der Waals surface area contributed by atoms with Gasteiger partial charge < -0.3 is 10.1 Å². The number of hydrogen-bond acceptors (Lipinski definition) is 4. The fourth-order valence-electron chi connectivity index (χ4n) is 2.37. The lowest BCUT2D eigenvalue weighted by atomic mass is 10.1. The predicted octanol–water partition coefficient (Wildman–Crippen LogP) is 4.10. The van der Waals surface area contributed by atoms with Crippen molar-refractivity contribution >= 4 is 40.9 Å². The Morgan fingerprint density at radius 1 is 1.04 bits per heavy atom. The average Bonchev–Trinajstić information content (AvgIpc) is 2.65. The first kappa shape index (κ1) is 20.9. The van der Waals surface area contributed by atoms with Gasteiger partial charge in [-0.05, 0) is 30.5 Å². The van der Waals surface area contributed by atoms with Gasteiger partial charge in [-0.2, -0.15) is 0 Å². The lowest BCUT2D eigenvalue weighted by molar-refractivity contribution is -0.118. The third-order valence-corrected chi connectivity index (χ3v) is 4.62. The van der Waals surface area contributed by atoms with Crippen LogP contribution in [0.15, 0.2) is 42.5 Å². The standard InChI is InChI=1S/C20H19Cl2NO4/c1-13(24)23-11-3-4-14-7-9-15(10-8-14)18(25)12-27-20(26)16-5-2-6-17(21)19(16)22/h2,5-10H,3-4,11-12H2,1H3,(H,23,24). The van der Waals surface area contributed by atoms with Gasteiger partial charge in [-0.3, -0.25) is 9.59 Å². The zero-order valence-electron chi connectivity index (χ0n) is 14.8. The molecule has 0 saturated heterocycles. The van der Waals surface area contributed by atoms with E-state index in [1.54, 1.807) is 24.3 Å². The van der Waals surface area contributed by atoms with Gasteiger partial charge in [-0.15, -0.1) is 0 Å². The molecule has 142 valence electrons. The molecule has 0 fully saturated rings. The first-order valence-corrected chi connectivity index (χ1v) is 9.12. The molecule has 1 amide bonds. The molecule has 27 heavy (non-hydrogen) atoms. The first-order chi connectivity index (χ1) is 12.9. The number of halogens is 2. The Balaban J connectivity index is 1.86. The van der Waals surface area contributed by atoms with E-state index in [1.165, 1.54) is 13.0 Å². The Morgan fingerprint density at radius 2 is 1.74 bits per heavy atom. The molecule has 7 heteroatoms. The van der Waals surface area contributed by atoms with Crippen molar-refractivity contribution in [2.75, 3.05) is 13.2 Å². The number of amides is 1. The fourth-order valence-corrected chi connectivity index (χ4v) is 2.75. The van der Waals surface area contributed by atoms with E-state index in [2.05, 4.69) is 5.32 Å². The van der Waals surface area contributed by atoms with E-state index in [9.17, 15) is 14.4 Å². The average molecular weight is 408 g/mol. The zero-order chi connectivity index (χ0) is 19.8. The summed E-state index contributed by atoms with van der Waals surface area (Å²) in [4.78, 5) is 35.1. The maximum absolute atomic E-state index is 12.2. The van der Waals surface area contributed by atoms with E-state index in [4.69, 9.17) is 27.9 Å². The molecule has 5 nitrogen and oxygen atoms in total. The minimum atomic E-state index is -0.703. The third kappa shape index (κ3) is 6.38. The molecule has 0 spiro atoms. The number of ether oxygens (including phenoxy) is 1. The maximum atomic E-state index is 12.2. The number of hydrogen-bond donors (Lipinski definition) is 1. The fraction of sp³-hybridized carbons (Fsp3) is 0.250. The topological polar surface area (TPSA) is 72.5 Å². The Hall–Kier alpha value is -2.37. The number of ketones is 1. The van der Waals surface area contributed by atoms with Gasteiger partial charge in [0.05, 0.1) is 15.6 Å². The number of aryl methyl sites for hydroxylation is 1. The molecule has 0 unspecified atom stereocenters. The van der Waals surface area contributed by atoms with Crippen molar-refractivity contribution < 1.29 is 19.1 Å². The SMILES string of the molecule is CC(=O)NCCCc1ccc(C(=O)COC(=O)c2cccc(Cl)c2Cl)cc1. The molecule has 2 aromatic carbocycles. The van der Waals surface area contributed by atoms with Crippen LogP contribution in [0.2, 0.25) is 10.0 Å². The summed E-state index contributed by atoms with van der Waals surface area (Å²) < 4.78 is 5.04. The number of benzene rings is 2. The number of Topliss-reactive ketones (excluding diaryl/α,β-unsaturated/α-hetero) is 1. The highest BCUT2D eigenvalue weighted by atomic mass is 35.5. The summed E-state index contributed by atoms with van der Waals surface area (Å²) >= 11 is 11.8. The summed E-state index contributed by atoms with van der Waals surface area (Å²) in [6, 6.07) is 11.7. The van der Waals surface area contributed by atoms with Crippen LogP contribution < -0.4 is 5.32 Å². The molecule has 0 radical (unpaired) electrons. The second kappa shape index (κ2) is 10.1. The maximum Gasteiger partial charge on any atom is 0.340 e. The van der Waals surface area contributed by atoms with Gasteiger partial charge >= 0.3 is 5.97 Å². The molecular formula is C20H19Cl2NO4. The van der Waals surface area contributed by atoms with Gasteiger partial charge in [0.1, 0.15) is 0 Å². The van der Waals surface area contributed by atoms with Crippen molar-refractivity contribution in [1.29, 1.82) is 0 Å². The first-order valence-electron chi connectivity index (χ1n) is 8.36. The van der Waals surface area contributed by atoms with Crippen LogP contribution >= 0.6 is 23.2 Å². The quantitative estimate of drug-likeness (QED) is 0.406. The number of carbonyl (C=O) groups is 3. The van der Waals surface area contributed by atoms with Crippen LogP contribution in [-0.2, 0) is 16.0 Å². The second-order valence-corrected chi connectivity index (χ2v) is 6.67. The van der Waals surface area contributed by atoms with Crippen molar-refractivity contribution in [3.63, 3.8) is 0 Å². The van der Waals surface area contributed by atoms with Gasteiger partial charge in [-0.25, -0.2) is 4.79 Å². The smallest absolute Gasteiger partial charge is 0.340 e. The molecule has 0 aromatic heterocycles. The Kier molecular flexibility index (Phi) is 7.82. The number of carbonyl (C=O) groups excluding carboxylic acids is 3. The summed E-state index contributed by atoms with van der Waals surface area (Å²) in [7, 11) is 0. The highest BCUT2D eigenvalue weighted by molar-refractivity contribution is 6.43. The van der Waals surface area contributed by atoms with E-state index < -0.39 is 5.97 Å². The van der Waals surface area contributed by atoms with Crippen LogP contribution in [0.4, 0.5) is 0 Å². The van der Waals surface area contributed by atoms with Gasteiger partial charge in [0, 0.05) is 19.0 Å². The van der Waals surface area contributed by atoms with Crippen molar-refractivity contribution in [3.8, 4) is 0 Å². The van der Waals surface area contributed by atoms with E-state index in [0.29, 0.717) is 12.1 Å². The largest absolute Gasteiger partial charge is 0.454 e. The highest BCUT2D eigenvalue weighted by Crippen LogP contribution is 2.26. The van der Waals surface area contributed by atoms with Crippen molar-refractivity contribution in [2.24, 2.45) is 0 Å². The molecule has 0 aliphatic carbocycles. The van der Waals surface area contributed by atoms with E-state index in [-0.39, 0.29) is 33.9 Å². The lowest BCUT2D eigenvalue weighted by Crippen LogP contribution is -2.21. The van der Waals surface area contributed by atoms with Gasteiger partial charge in [0.15, 0.2) is 12.4 Å². The molecular weight excluding hydrogens is 389 g/mol. The molecule has 0 atom stereocenters. The molecule has 0 aliphatic rings. The summed E-state index contributed by atoms with van der Waals surface area (Å²) in [6.07, 6.45) is 1.60. The van der Waals surface area contributed by atoms with Crippen LogP contribution in [0.5, 0.6) is 0 Å². The monoisotopic (exact) mass is 407 g/mol. The van der Waals surface area contributed by atoms with E-state index in [1.807, 2.05) is 12.1 Å². The van der Waals surface area contributed by atoms with Crippen LogP contribution in [0, 0.1) is 0 Å². The summed E-state index contributed by atoms with van der Waals surface area (Å²) in [5, 5.41) is 3.07. The summed E-state index contributed by atoms with van der Waals surface area (Å²) in [6.45, 7) is 1.70. The Labute approximate surface area is 167 Å². The molecule has 0 aliphatic heterocycles. The van der Waals surface area contributed by atoms with E-state index >= 15 is 0 Å². The zero-order valence-corrected chi connectivity index (χ0v) is 16.3. The van der Waals surface area contributed by atoms with Crippen LogP contribution in [-0.4, -0.2) is 30.8 Å². The number of rotatable bonds is 8. The molecule has 0 bridgehead atoms. The molecule has 2 aromatic rings. The third-order valence-electron chi connectivity index (χ3n) is 3.80. The summed E-state index contributed by atoms with van der Waals surface area (Å²) in [5.74, 6) is -1.07. The van der Waals surface area contributed by atoms with Crippen LogP contribution in [0.25, 0.3) is 0 Å². The van der Waals surface area contributed by atoms with Gasteiger partial charge in [-0.1, -0.05) is 53.5 Å². The Bertz CT molecular complexity index is 834. The molecule has 0 saturated carbocycles. The molecule has 1 N–H and O–H groups in total. The number of esters is 1. The van der Waals surface area contributed by atoms with Crippen molar-refractivity contribution in [1.82, 2.24) is 5.32 Å². The normalized spacial score (nSPS) is 10.3. The highest BCUT2D eigenvalue weighted by Gasteiger charge is 2.16. The molecule has 2 rings (SSSR count). The minimum absolute atomic E-state index is 0.0513. The second-order valence-electron chi connectivity index (χ2n) is 5.88. The lowest BCUT2D eigenvalue weighted by Gasteiger charge is -2.07. The van der Waals surface area contributed by atoms with E-state index in [0.717, 1.165) is 18.4 Å². The van der Waals surface area contributed by atoms with Gasteiger partial charge in [0.2, 0.25) is 5.91 Å². The van der Waals surface area contributed by atoms with Gasteiger partial charge in [0.25, 0.3) is 0 Å². The predicted molar refractivity (Wildman–Crippen MR) is 105 cm³/mol. The number of nitrogens with one attached hydrogen (secondary N) is 1. The van der Waals surface area contributed by atoms with Crippen LogP contribution in [0.1, 0.15) is 39.6 Å².